The lowest BCUT2D eigenvalue weighted by molar-refractivity contribution is 0.197. The predicted octanol–water partition coefficient (Wildman–Crippen LogP) is 3.74. The van der Waals surface area contributed by atoms with Crippen molar-refractivity contribution < 1.29 is 0 Å². The summed E-state index contributed by atoms with van der Waals surface area (Å²) in [6, 6.07) is 5.86. The number of benzene rings is 1. The highest BCUT2D eigenvalue weighted by Gasteiger charge is 2.43. The van der Waals surface area contributed by atoms with Gasteiger partial charge in [0.05, 0.1) is 14.9 Å². The van der Waals surface area contributed by atoms with Crippen LogP contribution in [0.4, 0.5) is 5.95 Å². The molecule has 6 nitrogen and oxygen atoms in total. The minimum absolute atomic E-state index is 0.316. The normalized spacial score (nSPS) is 22.2. The van der Waals surface area contributed by atoms with Gasteiger partial charge >= 0.3 is 0 Å². The van der Waals surface area contributed by atoms with Gasteiger partial charge in [-0.1, -0.05) is 47.5 Å². The van der Waals surface area contributed by atoms with Crippen LogP contribution < -0.4 is 22.0 Å². The van der Waals surface area contributed by atoms with Crippen LogP contribution >= 0.6 is 35.0 Å². The van der Waals surface area contributed by atoms with E-state index in [9.17, 15) is 0 Å². The van der Waals surface area contributed by atoms with Gasteiger partial charge in [-0.25, -0.2) is 4.98 Å². The Morgan fingerprint density at radius 1 is 1.21 bits per heavy atom. The van der Waals surface area contributed by atoms with Gasteiger partial charge in [0.2, 0.25) is 5.95 Å². The van der Waals surface area contributed by atoms with Crippen LogP contribution in [0.15, 0.2) is 39.3 Å². The third-order valence-electron chi connectivity index (χ3n) is 6.07. The molecular formula is C19H24Cl2N6S. The second-order valence-electron chi connectivity index (χ2n) is 7.55. The molecule has 1 atom stereocenters. The van der Waals surface area contributed by atoms with Gasteiger partial charge in [-0.3, -0.25) is 0 Å². The number of halogens is 2. The standard InChI is InChI=1S/C19H24Cl2N6S/c20-12-3-1-4-13(16(12)21)28-14-11-24-18(25-17(14)26-23)27-9-7-19(8-10-27)6-2-5-15(19)22/h1,3-4,11,15H,2,5-10,22-23H2,(H,24,25,26)/t15-/m0/s1. The van der Waals surface area contributed by atoms with Crippen LogP contribution in [0.3, 0.4) is 0 Å². The number of hydrogen-bond acceptors (Lipinski definition) is 6. The lowest BCUT2D eigenvalue weighted by Gasteiger charge is -2.42. The maximum absolute atomic E-state index is 6.39. The molecule has 5 N–H and O–H groups in total. The smallest absolute Gasteiger partial charge is 0.204 e. The van der Waals surface area contributed by atoms with E-state index in [1.54, 1.807) is 12.3 Å². The summed E-state index contributed by atoms with van der Waals surface area (Å²) in [6.45, 7) is 1.88. The van der Waals surface area contributed by atoms with Crippen LogP contribution in [0.5, 0.6) is 0 Å². The van der Waals surface area contributed by atoms with Crippen molar-refractivity contribution in [1.29, 1.82) is 0 Å². The van der Waals surface area contributed by atoms with Crippen molar-refractivity contribution in [2.75, 3.05) is 18.0 Å². The molecule has 1 aromatic carbocycles. The van der Waals surface area contributed by atoms with Crippen LogP contribution in [-0.2, 0) is 0 Å². The fourth-order valence-corrected chi connectivity index (χ4v) is 5.70. The molecule has 0 unspecified atom stereocenters. The van der Waals surface area contributed by atoms with E-state index >= 15 is 0 Å². The van der Waals surface area contributed by atoms with E-state index in [4.69, 9.17) is 34.8 Å². The predicted molar refractivity (Wildman–Crippen MR) is 115 cm³/mol. The maximum Gasteiger partial charge on any atom is 0.204 e. The van der Waals surface area contributed by atoms with Gasteiger partial charge in [0.1, 0.15) is 0 Å². The summed E-state index contributed by atoms with van der Waals surface area (Å²) in [7, 11) is 0. The van der Waals surface area contributed by atoms with Crippen molar-refractivity contribution in [3.63, 3.8) is 0 Å². The summed E-state index contributed by atoms with van der Waals surface area (Å²) in [4.78, 5) is 11.8. The summed E-state index contributed by atoms with van der Waals surface area (Å²) < 4.78 is 0. The number of nitrogens with zero attached hydrogens (tertiary/aromatic N) is 3. The summed E-state index contributed by atoms with van der Waals surface area (Å²) in [5.41, 5.74) is 7.28. The van der Waals surface area contributed by atoms with E-state index in [0.29, 0.717) is 27.0 Å². The molecule has 0 bridgehead atoms. The van der Waals surface area contributed by atoms with Gasteiger partial charge in [-0.15, -0.1) is 0 Å². The minimum Gasteiger partial charge on any atom is -0.342 e. The lowest BCUT2D eigenvalue weighted by Crippen LogP contribution is -2.47. The number of nitrogens with two attached hydrogens (primary N) is 2. The third-order valence-corrected chi connectivity index (χ3v) is 8.08. The topological polar surface area (TPSA) is 96.3 Å². The quantitative estimate of drug-likeness (QED) is 0.500. The molecule has 2 aromatic rings. The van der Waals surface area contributed by atoms with E-state index in [-0.39, 0.29) is 0 Å². The molecule has 2 aliphatic rings. The molecule has 0 amide bonds. The SMILES string of the molecule is N/N=c1\[nH]c(N2CCC3(CCC[C@@H]3N)CC2)ncc1Sc1cccc(Cl)c1Cl. The molecule has 1 aliphatic heterocycles. The van der Waals surface area contributed by atoms with Crippen molar-refractivity contribution in [1.82, 2.24) is 9.97 Å². The Balaban J connectivity index is 1.52. The van der Waals surface area contributed by atoms with E-state index in [0.717, 1.165) is 48.1 Å². The highest BCUT2D eigenvalue weighted by Crippen LogP contribution is 2.45. The summed E-state index contributed by atoms with van der Waals surface area (Å²) >= 11 is 13.8. The zero-order valence-electron chi connectivity index (χ0n) is 15.5. The molecule has 28 heavy (non-hydrogen) atoms. The van der Waals surface area contributed by atoms with Gasteiger partial charge in [-0.05, 0) is 43.2 Å². The van der Waals surface area contributed by atoms with Crippen LogP contribution in [0.25, 0.3) is 0 Å². The first-order valence-corrected chi connectivity index (χ1v) is 11.1. The zero-order valence-corrected chi connectivity index (χ0v) is 17.8. The number of anilines is 1. The fourth-order valence-electron chi connectivity index (χ4n) is 4.34. The number of hydrogen-bond donors (Lipinski definition) is 3. The number of aromatic amines is 1. The van der Waals surface area contributed by atoms with Gasteiger partial charge in [-0.2, -0.15) is 5.10 Å². The molecule has 1 saturated heterocycles. The monoisotopic (exact) mass is 438 g/mol. The lowest BCUT2D eigenvalue weighted by atomic mass is 9.74. The Morgan fingerprint density at radius 2 is 2.00 bits per heavy atom. The van der Waals surface area contributed by atoms with Crippen molar-refractivity contribution >= 4 is 40.9 Å². The van der Waals surface area contributed by atoms with E-state index in [1.807, 2.05) is 12.1 Å². The number of aromatic nitrogens is 2. The van der Waals surface area contributed by atoms with Crippen LogP contribution in [0, 0.1) is 5.41 Å². The van der Waals surface area contributed by atoms with Crippen LogP contribution in [0.1, 0.15) is 32.1 Å². The molecule has 1 spiro atoms. The Labute approximate surface area is 178 Å². The van der Waals surface area contributed by atoms with Crippen LogP contribution in [-0.4, -0.2) is 29.1 Å². The molecule has 1 aromatic heterocycles. The first-order chi connectivity index (χ1) is 13.5. The average molecular weight is 439 g/mol. The molecule has 1 saturated carbocycles. The van der Waals surface area contributed by atoms with Gasteiger partial charge < -0.3 is 21.5 Å². The number of nitrogens with one attached hydrogen (secondary N) is 1. The third kappa shape index (κ3) is 3.73. The van der Waals surface area contributed by atoms with Gasteiger partial charge in [0.15, 0.2) is 5.49 Å². The molecule has 1 aliphatic carbocycles. The van der Waals surface area contributed by atoms with E-state index < -0.39 is 0 Å². The molecule has 150 valence electrons. The fraction of sp³-hybridized carbons (Fsp3) is 0.474. The summed E-state index contributed by atoms with van der Waals surface area (Å²) in [5, 5.41) is 4.94. The maximum atomic E-state index is 6.39. The number of rotatable bonds is 3. The Morgan fingerprint density at radius 3 is 2.68 bits per heavy atom. The first-order valence-electron chi connectivity index (χ1n) is 9.48. The molecular weight excluding hydrogens is 415 g/mol. The highest BCUT2D eigenvalue weighted by molar-refractivity contribution is 7.99. The van der Waals surface area contributed by atoms with Gasteiger partial charge in [0, 0.05) is 30.2 Å². The Hall–Kier alpha value is -1.41. The van der Waals surface area contributed by atoms with Gasteiger partial charge in [0.25, 0.3) is 0 Å². The highest BCUT2D eigenvalue weighted by atomic mass is 35.5. The molecule has 9 heteroatoms. The molecule has 2 fully saturated rings. The van der Waals surface area contributed by atoms with Crippen molar-refractivity contribution in [3.8, 4) is 0 Å². The Kier molecular flexibility index (Phi) is 5.78. The van der Waals surface area contributed by atoms with Crippen molar-refractivity contribution in [2.24, 2.45) is 22.1 Å². The zero-order chi connectivity index (χ0) is 19.7. The molecule has 0 radical (unpaired) electrons. The van der Waals surface area contributed by atoms with Crippen molar-refractivity contribution in [2.45, 2.75) is 47.9 Å². The van der Waals surface area contributed by atoms with E-state index in [1.165, 1.54) is 24.6 Å². The van der Waals surface area contributed by atoms with E-state index in [2.05, 4.69) is 20.0 Å². The molecule has 4 rings (SSSR count). The largest absolute Gasteiger partial charge is 0.342 e. The summed E-state index contributed by atoms with van der Waals surface area (Å²) in [6.07, 6.45) is 7.64. The summed E-state index contributed by atoms with van der Waals surface area (Å²) in [5.74, 6) is 6.43. The second-order valence-corrected chi connectivity index (χ2v) is 9.42. The minimum atomic E-state index is 0.316. The van der Waals surface area contributed by atoms with Crippen molar-refractivity contribution in [3.05, 3.63) is 39.9 Å². The number of H-pyrrole nitrogens is 1. The Bertz CT molecular complexity index is 923. The first kappa shape index (κ1) is 19.9. The molecule has 2 heterocycles. The average Bonchev–Trinajstić information content (AvgIpc) is 3.06. The van der Waals surface area contributed by atoms with Crippen LogP contribution in [0.2, 0.25) is 10.0 Å². The number of piperidine rings is 1. The second kappa shape index (κ2) is 8.14.